The first kappa shape index (κ1) is 12.3. The van der Waals surface area contributed by atoms with Crippen LogP contribution in [0.3, 0.4) is 0 Å². The second kappa shape index (κ2) is 5.34. The summed E-state index contributed by atoms with van der Waals surface area (Å²) in [5.74, 6) is 0.977. The lowest BCUT2D eigenvalue weighted by Gasteiger charge is -2.09. The number of hydrogen-bond donors (Lipinski definition) is 2. The monoisotopic (exact) mass is 223 g/mol. The number of nitrogens with two attached hydrogens (primary N) is 1. The van der Waals surface area contributed by atoms with Crippen LogP contribution in [0, 0.1) is 12.8 Å². The van der Waals surface area contributed by atoms with E-state index in [-0.39, 0.29) is 5.84 Å². The van der Waals surface area contributed by atoms with Gasteiger partial charge < -0.3 is 15.7 Å². The number of aryl methyl sites for hydroxylation is 1. The molecule has 0 aromatic carbocycles. The van der Waals surface area contributed by atoms with Gasteiger partial charge in [-0.25, -0.2) is 4.98 Å². The van der Waals surface area contributed by atoms with E-state index >= 15 is 0 Å². The summed E-state index contributed by atoms with van der Waals surface area (Å²) >= 11 is 0. The molecular weight excluding hydrogens is 206 g/mol. The van der Waals surface area contributed by atoms with Gasteiger partial charge in [-0.05, 0) is 18.9 Å². The molecule has 0 aliphatic carbocycles. The van der Waals surface area contributed by atoms with Crippen molar-refractivity contribution in [3.05, 3.63) is 23.4 Å². The number of amidine groups is 1. The van der Waals surface area contributed by atoms with Crippen LogP contribution in [-0.4, -0.2) is 22.6 Å². The highest BCUT2D eigenvalue weighted by Crippen LogP contribution is 2.13. The van der Waals surface area contributed by atoms with Crippen molar-refractivity contribution < 1.29 is 9.94 Å². The van der Waals surface area contributed by atoms with Gasteiger partial charge in [0.15, 0.2) is 5.84 Å². The molecule has 0 aliphatic rings. The van der Waals surface area contributed by atoms with Gasteiger partial charge in [0.2, 0.25) is 5.88 Å². The van der Waals surface area contributed by atoms with Gasteiger partial charge in [-0.15, -0.1) is 0 Å². The number of hydrogen-bond acceptors (Lipinski definition) is 4. The number of ether oxygens (including phenoxy) is 1. The highest BCUT2D eigenvalue weighted by molar-refractivity contribution is 5.97. The Labute approximate surface area is 94.9 Å². The zero-order chi connectivity index (χ0) is 12.1. The molecule has 0 atom stereocenters. The van der Waals surface area contributed by atoms with Crippen molar-refractivity contribution in [3.63, 3.8) is 0 Å². The fourth-order valence-electron chi connectivity index (χ4n) is 1.17. The highest BCUT2D eigenvalue weighted by Gasteiger charge is 2.05. The van der Waals surface area contributed by atoms with Crippen LogP contribution in [0.1, 0.15) is 25.1 Å². The Kier molecular flexibility index (Phi) is 4.10. The Morgan fingerprint density at radius 2 is 2.25 bits per heavy atom. The summed E-state index contributed by atoms with van der Waals surface area (Å²) in [4.78, 5) is 4.21. The third-order valence-electron chi connectivity index (χ3n) is 1.90. The molecule has 0 bridgehead atoms. The standard InChI is InChI=1S/C11H17N3O2/c1-7(2)6-16-10-5-9(11(12)14-15)4-8(3)13-10/h4-5,7,15H,6H2,1-3H3,(H2,12,14). The maximum absolute atomic E-state index is 8.59. The molecule has 5 nitrogen and oxygen atoms in total. The molecule has 0 unspecified atom stereocenters. The molecule has 1 heterocycles. The van der Waals surface area contributed by atoms with Gasteiger partial charge in [-0.3, -0.25) is 0 Å². The highest BCUT2D eigenvalue weighted by atomic mass is 16.5. The van der Waals surface area contributed by atoms with E-state index in [1.807, 2.05) is 6.92 Å². The average Bonchev–Trinajstić information content (AvgIpc) is 2.24. The van der Waals surface area contributed by atoms with Crippen LogP contribution in [0.4, 0.5) is 0 Å². The Balaban J connectivity index is 2.90. The third kappa shape index (κ3) is 3.42. The summed E-state index contributed by atoms with van der Waals surface area (Å²) in [6.07, 6.45) is 0. The fourth-order valence-corrected chi connectivity index (χ4v) is 1.17. The van der Waals surface area contributed by atoms with Gasteiger partial charge in [-0.1, -0.05) is 19.0 Å². The molecule has 1 aromatic rings. The van der Waals surface area contributed by atoms with E-state index < -0.39 is 0 Å². The second-order valence-electron chi connectivity index (χ2n) is 4.03. The molecule has 1 rings (SSSR count). The first-order chi connectivity index (χ1) is 7.52. The quantitative estimate of drug-likeness (QED) is 0.351. The zero-order valence-corrected chi connectivity index (χ0v) is 9.77. The largest absolute Gasteiger partial charge is 0.477 e. The van der Waals surface area contributed by atoms with Crippen molar-refractivity contribution >= 4 is 5.84 Å². The molecule has 0 spiro atoms. The van der Waals surface area contributed by atoms with Crippen LogP contribution in [0.2, 0.25) is 0 Å². The molecule has 0 aliphatic heterocycles. The molecule has 0 radical (unpaired) electrons. The van der Waals surface area contributed by atoms with Gasteiger partial charge >= 0.3 is 0 Å². The minimum Gasteiger partial charge on any atom is -0.477 e. The normalized spacial score (nSPS) is 11.9. The summed E-state index contributed by atoms with van der Waals surface area (Å²) in [7, 11) is 0. The van der Waals surface area contributed by atoms with Crippen molar-refractivity contribution in [1.29, 1.82) is 0 Å². The number of aromatic nitrogens is 1. The summed E-state index contributed by atoms with van der Waals surface area (Å²) < 4.78 is 5.48. The van der Waals surface area contributed by atoms with Gasteiger partial charge in [0.1, 0.15) is 0 Å². The number of pyridine rings is 1. The maximum Gasteiger partial charge on any atom is 0.214 e. The van der Waals surface area contributed by atoms with E-state index in [1.165, 1.54) is 0 Å². The van der Waals surface area contributed by atoms with E-state index in [4.69, 9.17) is 15.7 Å². The van der Waals surface area contributed by atoms with Gasteiger partial charge in [0, 0.05) is 17.3 Å². The Morgan fingerprint density at radius 3 is 2.81 bits per heavy atom. The maximum atomic E-state index is 8.59. The first-order valence-corrected chi connectivity index (χ1v) is 5.12. The van der Waals surface area contributed by atoms with Crippen molar-refractivity contribution in [2.24, 2.45) is 16.8 Å². The SMILES string of the molecule is Cc1cc(/C(N)=N/O)cc(OCC(C)C)n1. The summed E-state index contributed by atoms with van der Waals surface area (Å²) in [6, 6.07) is 3.39. The number of nitrogens with zero attached hydrogens (tertiary/aromatic N) is 2. The fraction of sp³-hybridized carbons (Fsp3) is 0.455. The van der Waals surface area contributed by atoms with Crippen LogP contribution in [0.25, 0.3) is 0 Å². The molecule has 1 aromatic heterocycles. The minimum atomic E-state index is 0.0555. The van der Waals surface area contributed by atoms with Gasteiger partial charge in [0.05, 0.1) is 6.61 Å². The lowest BCUT2D eigenvalue weighted by atomic mass is 10.2. The van der Waals surface area contributed by atoms with Gasteiger partial charge in [-0.2, -0.15) is 0 Å². The van der Waals surface area contributed by atoms with E-state index in [1.54, 1.807) is 12.1 Å². The second-order valence-corrected chi connectivity index (χ2v) is 4.03. The van der Waals surface area contributed by atoms with Crippen molar-refractivity contribution in [2.45, 2.75) is 20.8 Å². The molecule has 0 fully saturated rings. The van der Waals surface area contributed by atoms with E-state index in [0.717, 1.165) is 5.69 Å². The molecule has 5 heteroatoms. The van der Waals surface area contributed by atoms with Crippen LogP contribution >= 0.6 is 0 Å². The molecule has 16 heavy (non-hydrogen) atoms. The third-order valence-corrected chi connectivity index (χ3v) is 1.90. The Morgan fingerprint density at radius 1 is 1.56 bits per heavy atom. The summed E-state index contributed by atoms with van der Waals surface area (Å²) in [6.45, 7) is 6.53. The molecular formula is C11H17N3O2. The number of oxime groups is 1. The summed E-state index contributed by atoms with van der Waals surface area (Å²) in [5, 5.41) is 11.5. The minimum absolute atomic E-state index is 0.0555. The predicted molar refractivity (Wildman–Crippen MR) is 61.8 cm³/mol. The molecule has 0 saturated carbocycles. The van der Waals surface area contributed by atoms with Crippen molar-refractivity contribution in [1.82, 2.24) is 4.98 Å². The van der Waals surface area contributed by atoms with Gasteiger partial charge in [0.25, 0.3) is 0 Å². The molecule has 0 amide bonds. The van der Waals surface area contributed by atoms with Crippen molar-refractivity contribution in [3.8, 4) is 5.88 Å². The zero-order valence-electron chi connectivity index (χ0n) is 9.77. The van der Waals surface area contributed by atoms with Crippen LogP contribution < -0.4 is 10.5 Å². The van der Waals surface area contributed by atoms with Crippen molar-refractivity contribution in [2.75, 3.05) is 6.61 Å². The Bertz CT molecular complexity index is 389. The lowest BCUT2D eigenvalue weighted by Crippen LogP contribution is -2.14. The van der Waals surface area contributed by atoms with Crippen LogP contribution in [-0.2, 0) is 0 Å². The van der Waals surface area contributed by atoms with Crippen LogP contribution in [0.15, 0.2) is 17.3 Å². The smallest absolute Gasteiger partial charge is 0.214 e. The van der Waals surface area contributed by atoms with Crippen LogP contribution in [0.5, 0.6) is 5.88 Å². The Hall–Kier alpha value is -1.78. The molecule has 88 valence electrons. The average molecular weight is 223 g/mol. The number of rotatable bonds is 4. The molecule has 3 N–H and O–H groups in total. The first-order valence-electron chi connectivity index (χ1n) is 5.12. The van der Waals surface area contributed by atoms with E-state index in [9.17, 15) is 0 Å². The topological polar surface area (TPSA) is 80.7 Å². The van der Waals surface area contributed by atoms with E-state index in [2.05, 4.69) is 24.0 Å². The molecule has 0 saturated heterocycles. The van der Waals surface area contributed by atoms with E-state index in [0.29, 0.717) is 24.0 Å². The predicted octanol–water partition coefficient (Wildman–Crippen LogP) is 1.52. The lowest BCUT2D eigenvalue weighted by molar-refractivity contribution is 0.261. The summed E-state index contributed by atoms with van der Waals surface area (Å²) in [5.41, 5.74) is 6.88.